The molecule has 8 nitrogen and oxygen atoms in total. The Morgan fingerprint density at radius 2 is 1.87 bits per heavy atom. The molecule has 0 amide bonds. The second kappa shape index (κ2) is 10.1. The number of nitrogens with zero attached hydrogens (tertiary/aromatic N) is 1. The Bertz CT molecular complexity index is 1050. The number of carbonyl (C=O) groups is 2. The van der Waals surface area contributed by atoms with Gasteiger partial charge in [0.15, 0.2) is 6.61 Å². The minimum atomic E-state index is -4.13. The Balaban J connectivity index is 2.48. The summed E-state index contributed by atoms with van der Waals surface area (Å²) >= 11 is 6.03. The lowest BCUT2D eigenvalue weighted by Gasteiger charge is -2.25. The van der Waals surface area contributed by atoms with Crippen LogP contribution in [0.1, 0.15) is 10.4 Å². The van der Waals surface area contributed by atoms with Crippen LogP contribution in [-0.2, 0) is 24.3 Å². The minimum absolute atomic E-state index is 0.0311. The molecule has 30 heavy (non-hydrogen) atoms. The van der Waals surface area contributed by atoms with Crippen molar-refractivity contribution in [2.24, 2.45) is 0 Å². The van der Waals surface area contributed by atoms with E-state index < -0.39 is 28.6 Å². The molecule has 160 valence electrons. The number of hydrogen-bond acceptors (Lipinski definition) is 7. The molecule has 0 heterocycles. The van der Waals surface area contributed by atoms with Crippen molar-refractivity contribution in [2.45, 2.75) is 4.90 Å². The predicted octanol–water partition coefficient (Wildman–Crippen LogP) is 3.06. The number of hydrogen-bond donors (Lipinski definition) is 0. The molecular formula is C20H20ClNO7S. The van der Waals surface area contributed by atoms with Gasteiger partial charge in [0.25, 0.3) is 10.0 Å². The average molecular weight is 454 g/mol. The molecule has 10 heteroatoms. The maximum absolute atomic E-state index is 13.3. The molecule has 0 saturated carbocycles. The molecule has 2 aromatic carbocycles. The number of rotatable bonds is 9. The topological polar surface area (TPSA) is 99.2 Å². The van der Waals surface area contributed by atoms with Crippen LogP contribution in [0, 0.1) is 0 Å². The van der Waals surface area contributed by atoms with Gasteiger partial charge in [-0.05, 0) is 30.3 Å². The van der Waals surface area contributed by atoms with Crippen LogP contribution in [0.3, 0.4) is 0 Å². The molecule has 0 fully saturated rings. The molecule has 0 atom stereocenters. The second-order valence-corrected chi connectivity index (χ2v) is 8.06. The quantitative estimate of drug-likeness (QED) is 0.425. The summed E-state index contributed by atoms with van der Waals surface area (Å²) < 4.78 is 42.3. The highest BCUT2D eigenvalue weighted by molar-refractivity contribution is 7.92. The Hall–Kier alpha value is -3.04. The Kier molecular flexibility index (Phi) is 7.85. The maximum atomic E-state index is 13.3. The average Bonchev–Trinajstić information content (AvgIpc) is 2.75. The van der Waals surface area contributed by atoms with E-state index in [0.717, 1.165) is 17.5 Å². The van der Waals surface area contributed by atoms with E-state index in [9.17, 15) is 18.0 Å². The minimum Gasteiger partial charge on any atom is -0.495 e. The molecule has 0 unspecified atom stereocenters. The van der Waals surface area contributed by atoms with Crippen molar-refractivity contribution < 1.29 is 32.2 Å². The summed E-state index contributed by atoms with van der Waals surface area (Å²) in [5, 5.41) is -0.0311. The van der Waals surface area contributed by atoms with Crippen LogP contribution < -0.4 is 9.04 Å². The molecule has 0 aliphatic carbocycles. The van der Waals surface area contributed by atoms with Crippen LogP contribution in [-0.4, -0.2) is 47.7 Å². The fourth-order valence-corrected chi connectivity index (χ4v) is 4.16. The fourth-order valence-electron chi connectivity index (χ4n) is 2.49. The monoisotopic (exact) mass is 453 g/mol. The first kappa shape index (κ1) is 23.2. The fraction of sp³-hybridized carbons (Fsp3) is 0.200. The molecule has 0 aliphatic rings. The van der Waals surface area contributed by atoms with Gasteiger partial charge in [0.2, 0.25) is 0 Å². The lowest BCUT2D eigenvalue weighted by molar-refractivity contribution is -0.144. The van der Waals surface area contributed by atoms with E-state index in [1.165, 1.54) is 25.3 Å². The number of sulfonamides is 1. The first-order valence-electron chi connectivity index (χ1n) is 8.56. The summed E-state index contributed by atoms with van der Waals surface area (Å²) in [6.07, 6.45) is 1.42. The molecule has 0 bridgehead atoms. The number of halogens is 1. The van der Waals surface area contributed by atoms with Gasteiger partial charge in [-0.25, -0.2) is 18.0 Å². The Morgan fingerprint density at radius 3 is 2.50 bits per heavy atom. The van der Waals surface area contributed by atoms with Crippen molar-refractivity contribution >= 4 is 39.3 Å². The van der Waals surface area contributed by atoms with Crippen LogP contribution in [0.15, 0.2) is 60.0 Å². The normalized spacial score (nSPS) is 10.8. The molecule has 0 aliphatic heterocycles. The van der Waals surface area contributed by atoms with Crippen molar-refractivity contribution in [2.75, 3.05) is 31.7 Å². The second-order valence-electron chi connectivity index (χ2n) is 5.79. The summed E-state index contributed by atoms with van der Waals surface area (Å²) in [5.41, 5.74) is 0.0879. The zero-order valence-corrected chi connectivity index (χ0v) is 17.9. The van der Waals surface area contributed by atoms with Gasteiger partial charge in [-0.2, -0.15) is 0 Å². The van der Waals surface area contributed by atoms with Gasteiger partial charge in [-0.3, -0.25) is 4.31 Å². The molecule has 0 radical (unpaired) electrons. The van der Waals surface area contributed by atoms with Crippen molar-refractivity contribution in [3.63, 3.8) is 0 Å². The van der Waals surface area contributed by atoms with Gasteiger partial charge in [-0.1, -0.05) is 29.8 Å². The van der Waals surface area contributed by atoms with Crippen molar-refractivity contribution in [3.05, 3.63) is 65.7 Å². The van der Waals surface area contributed by atoms with Crippen LogP contribution in [0.2, 0.25) is 5.02 Å². The smallest absolute Gasteiger partial charge is 0.344 e. The van der Waals surface area contributed by atoms with Crippen molar-refractivity contribution in [3.8, 4) is 5.75 Å². The van der Waals surface area contributed by atoms with Gasteiger partial charge in [0, 0.05) is 0 Å². The number of ether oxygens (including phenoxy) is 3. The Morgan fingerprint density at radius 1 is 1.17 bits per heavy atom. The highest BCUT2D eigenvalue weighted by Gasteiger charge is 2.28. The van der Waals surface area contributed by atoms with E-state index in [-0.39, 0.29) is 22.0 Å². The van der Waals surface area contributed by atoms with Crippen LogP contribution >= 0.6 is 11.6 Å². The standard InChI is InChI=1S/C20H20ClNO7S/c1-4-11-22(17-7-5-6-8-18(17)27-2)30(25,26)14-9-10-16(21)15(12-14)20(24)29-13-19(23)28-3/h4-10,12H,1,11,13H2,2-3H3. The zero-order chi connectivity index (χ0) is 22.3. The van der Waals surface area contributed by atoms with Gasteiger partial charge in [0.05, 0.1) is 41.9 Å². The highest BCUT2D eigenvalue weighted by Crippen LogP contribution is 2.33. The lowest BCUT2D eigenvalue weighted by Crippen LogP contribution is -2.31. The van der Waals surface area contributed by atoms with Crippen molar-refractivity contribution in [1.82, 2.24) is 0 Å². The summed E-state index contributed by atoms with van der Waals surface area (Å²) in [7, 11) is -1.57. The van der Waals surface area contributed by atoms with E-state index in [4.69, 9.17) is 21.1 Å². The number of carbonyl (C=O) groups excluding carboxylic acids is 2. The van der Waals surface area contributed by atoms with Crippen molar-refractivity contribution in [1.29, 1.82) is 0 Å². The van der Waals surface area contributed by atoms with E-state index in [1.807, 2.05) is 0 Å². The summed E-state index contributed by atoms with van der Waals surface area (Å²) in [5.74, 6) is -1.39. The first-order chi connectivity index (χ1) is 14.3. The third-order valence-electron chi connectivity index (χ3n) is 3.94. The van der Waals surface area contributed by atoms with Gasteiger partial charge in [0.1, 0.15) is 5.75 Å². The number of esters is 2. The lowest BCUT2D eigenvalue weighted by atomic mass is 10.2. The van der Waals surface area contributed by atoms with E-state index in [1.54, 1.807) is 24.3 Å². The van der Waals surface area contributed by atoms with Crippen LogP contribution in [0.4, 0.5) is 5.69 Å². The molecule has 2 rings (SSSR count). The van der Waals surface area contributed by atoms with E-state index in [0.29, 0.717) is 11.4 Å². The maximum Gasteiger partial charge on any atom is 0.344 e. The summed E-state index contributed by atoms with van der Waals surface area (Å²) in [6.45, 7) is 2.93. The molecule has 0 spiro atoms. The molecule has 2 aromatic rings. The van der Waals surface area contributed by atoms with Gasteiger partial charge >= 0.3 is 11.9 Å². The summed E-state index contributed by atoms with van der Waals surface area (Å²) in [6, 6.07) is 10.2. The molecule has 0 aromatic heterocycles. The largest absolute Gasteiger partial charge is 0.495 e. The van der Waals surface area contributed by atoms with E-state index in [2.05, 4.69) is 11.3 Å². The number of para-hydroxylation sites is 2. The SMILES string of the molecule is C=CCN(c1ccccc1OC)S(=O)(=O)c1ccc(Cl)c(C(=O)OCC(=O)OC)c1. The Labute approximate surface area is 179 Å². The van der Waals surface area contributed by atoms with Gasteiger partial charge in [-0.15, -0.1) is 6.58 Å². The number of benzene rings is 2. The van der Waals surface area contributed by atoms with Crippen LogP contribution in [0.5, 0.6) is 5.75 Å². The van der Waals surface area contributed by atoms with E-state index >= 15 is 0 Å². The first-order valence-corrected chi connectivity index (χ1v) is 10.4. The zero-order valence-electron chi connectivity index (χ0n) is 16.3. The third-order valence-corrected chi connectivity index (χ3v) is 6.05. The number of anilines is 1. The van der Waals surface area contributed by atoms with Gasteiger partial charge < -0.3 is 14.2 Å². The predicted molar refractivity (Wildman–Crippen MR) is 111 cm³/mol. The summed E-state index contributed by atoms with van der Waals surface area (Å²) in [4.78, 5) is 23.2. The molecule has 0 saturated heterocycles. The van der Waals surface area contributed by atoms with Crippen LogP contribution in [0.25, 0.3) is 0 Å². The molecular weight excluding hydrogens is 434 g/mol. The number of methoxy groups -OCH3 is 2. The third kappa shape index (κ3) is 5.11. The molecule has 0 N–H and O–H groups in total. The highest BCUT2D eigenvalue weighted by atomic mass is 35.5.